The lowest BCUT2D eigenvalue weighted by molar-refractivity contribution is 0.415. The van der Waals surface area contributed by atoms with E-state index in [2.05, 4.69) is 32.2 Å². The van der Waals surface area contributed by atoms with Gasteiger partial charge in [0.15, 0.2) is 5.82 Å². The zero-order valence-corrected chi connectivity index (χ0v) is 15.0. The van der Waals surface area contributed by atoms with Gasteiger partial charge in [0, 0.05) is 11.3 Å². The highest BCUT2D eigenvalue weighted by Gasteiger charge is 2.14. The average Bonchev–Trinajstić information content (AvgIpc) is 3.12. The molecule has 0 saturated carbocycles. The summed E-state index contributed by atoms with van der Waals surface area (Å²) in [5.41, 5.74) is 3.14. The molecule has 1 aromatic heterocycles. The van der Waals surface area contributed by atoms with Gasteiger partial charge in [0.25, 0.3) is 0 Å². The minimum Gasteiger partial charge on any atom is -0.497 e. The van der Waals surface area contributed by atoms with E-state index in [0.717, 1.165) is 22.8 Å². The molecule has 0 saturated heterocycles. The summed E-state index contributed by atoms with van der Waals surface area (Å²) in [5, 5.41) is 12.2. The number of rotatable bonds is 6. The molecule has 27 heavy (non-hydrogen) atoms. The molecule has 3 aromatic carbocycles. The third kappa shape index (κ3) is 3.82. The van der Waals surface area contributed by atoms with E-state index in [9.17, 15) is 0 Å². The van der Waals surface area contributed by atoms with Crippen molar-refractivity contribution in [1.29, 1.82) is 0 Å². The van der Waals surface area contributed by atoms with E-state index in [1.165, 1.54) is 5.56 Å². The molecule has 0 radical (unpaired) electrons. The first kappa shape index (κ1) is 16.8. The molecule has 0 aliphatic heterocycles. The minimum absolute atomic E-state index is 0.671. The topological polar surface area (TPSA) is 52.0 Å². The largest absolute Gasteiger partial charge is 0.497 e. The molecule has 4 rings (SSSR count). The van der Waals surface area contributed by atoms with Crippen LogP contribution >= 0.6 is 0 Å². The molecular formula is C22H20N4O. The maximum atomic E-state index is 5.26. The number of ether oxygens (including phenoxy) is 1. The third-order valence-electron chi connectivity index (χ3n) is 4.31. The summed E-state index contributed by atoms with van der Waals surface area (Å²) in [7, 11) is 1.66. The Labute approximate surface area is 158 Å². The predicted octanol–water partition coefficient (Wildman–Crippen LogP) is 4.75. The number of hydrogen-bond acceptors (Lipinski definition) is 4. The zero-order chi connectivity index (χ0) is 18.5. The van der Waals surface area contributed by atoms with Crippen LogP contribution in [0.5, 0.6) is 5.75 Å². The second-order valence-corrected chi connectivity index (χ2v) is 6.14. The van der Waals surface area contributed by atoms with Gasteiger partial charge in [-0.05, 0) is 42.0 Å². The maximum absolute atomic E-state index is 5.26. The molecule has 1 heterocycles. The maximum Gasteiger partial charge on any atom is 0.229 e. The fraction of sp³-hybridized carbons (Fsp3) is 0.0909. The summed E-state index contributed by atoms with van der Waals surface area (Å²) >= 11 is 0. The normalized spacial score (nSPS) is 10.6. The number of nitrogens with zero attached hydrogens (tertiary/aromatic N) is 3. The van der Waals surface area contributed by atoms with Crippen molar-refractivity contribution in [2.24, 2.45) is 0 Å². The number of benzene rings is 3. The molecule has 4 aromatic rings. The highest BCUT2D eigenvalue weighted by Crippen LogP contribution is 2.25. The molecule has 0 aliphatic rings. The predicted molar refractivity (Wildman–Crippen MR) is 107 cm³/mol. The fourth-order valence-corrected chi connectivity index (χ4v) is 2.92. The van der Waals surface area contributed by atoms with Crippen LogP contribution in [0.15, 0.2) is 84.9 Å². The molecule has 0 fully saturated rings. The van der Waals surface area contributed by atoms with E-state index in [1.807, 2.05) is 72.8 Å². The van der Waals surface area contributed by atoms with Crippen LogP contribution in [-0.2, 0) is 6.54 Å². The Hall–Kier alpha value is -3.60. The molecule has 0 spiro atoms. The Kier molecular flexibility index (Phi) is 4.83. The lowest BCUT2D eigenvalue weighted by atomic mass is 10.2. The summed E-state index contributed by atoms with van der Waals surface area (Å²) < 4.78 is 7.35. The first-order valence-electron chi connectivity index (χ1n) is 8.77. The molecule has 1 N–H and O–H groups in total. The van der Waals surface area contributed by atoms with Gasteiger partial charge >= 0.3 is 0 Å². The van der Waals surface area contributed by atoms with Crippen molar-refractivity contribution in [2.75, 3.05) is 12.4 Å². The fourth-order valence-electron chi connectivity index (χ4n) is 2.92. The SMILES string of the molecule is COc1ccc(-c2nnc(Nc3ccccc3)n2Cc2ccccc2)cc1. The number of nitrogens with one attached hydrogen (secondary N) is 1. The van der Waals surface area contributed by atoms with Gasteiger partial charge in [-0.2, -0.15) is 0 Å². The summed E-state index contributed by atoms with van der Waals surface area (Å²) in [6, 6.07) is 28.1. The van der Waals surface area contributed by atoms with Crippen LogP contribution in [0.25, 0.3) is 11.4 Å². The van der Waals surface area contributed by atoms with Crippen LogP contribution in [-0.4, -0.2) is 21.9 Å². The second-order valence-electron chi connectivity index (χ2n) is 6.14. The van der Waals surface area contributed by atoms with E-state index < -0.39 is 0 Å². The van der Waals surface area contributed by atoms with E-state index in [-0.39, 0.29) is 0 Å². The van der Waals surface area contributed by atoms with Crippen LogP contribution in [0.1, 0.15) is 5.56 Å². The summed E-state index contributed by atoms with van der Waals surface area (Å²) in [6.07, 6.45) is 0. The van der Waals surface area contributed by atoms with Crippen molar-refractivity contribution >= 4 is 11.6 Å². The highest BCUT2D eigenvalue weighted by atomic mass is 16.5. The van der Waals surface area contributed by atoms with Crippen LogP contribution < -0.4 is 10.1 Å². The third-order valence-corrected chi connectivity index (χ3v) is 4.31. The van der Waals surface area contributed by atoms with Gasteiger partial charge in [0.2, 0.25) is 5.95 Å². The van der Waals surface area contributed by atoms with Crippen molar-refractivity contribution < 1.29 is 4.74 Å². The van der Waals surface area contributed by atoms with E-state index in [4.69, 9.17) is 4.74 Å². The van der Waals surface area contributed by atoms with Gasteiger partial charge in [-0.15, -0.1) is 10.2 Å². The molecule has 0 bridgehead atoms. The molecule has 0 atom stereocenters. The zero-order valence-electron chi connectivity index (χ0n) is 15.0. The van der Waals surface area contributed by atoms with Crippen molar-refractivity contribution in [2.45, 2.75) is 6.54 Å². The van der Waals surface area contributed by atoms with Crippen LogP contribution in [0.2, 0.25) is 0 Å². The monoisotopic (exact) mass is 356 g/mol. The lowest BCUT2D eigenvalue weighted by Crippen LogP contribution is -2.07. The summed E-state index contributed by atoms with van der Waals surface area (Å²) in [4.78, 5) is 0. The Morgan fingerprint density at radius 3 is 2.15 bits per heavy atom. The second kappa shape index (κ2) is 7.74. The van der Waals surface area contributed by atoms with E-state index in [0.29, 0.717) is 12.5 Å². The number of methoxy groups -OCH3 is 1. The average molecular weight is 356 g/mol. The van der Waals surface area contributed by atoms with Gasteiger partial charge < -0.3 is 10.1 Å². The van der Waals surface area contributed by atoms with Gasteiger partial charge in [-0.3, -0.25) is 4.57 Å². The summed E-state index contributed by atoms with van der Waals surface area (Å²) in [5.74, 6) is 2.33. The molecule has 5 nitrogen and oxygen atoms in total. The molecule has 0 aliphatic carbocycles. The Morgan fingerprint density at radius 2 is 1.48 bits per heavy atom. The van der Waals surface area contributed by atoms with E-state index in [1.54, 1.807) is 7.11 Å². The Bertz CT molecular complexity index is 996. The van der Waals surface area contributed by atoms with Crippen molar-refractivity contribution in [1.82, 2.24) is 14.8 Å². The highest BCUT2D eigenvalue weighted by molar-refractivity contribution is 5.61. The number of aromatic nitrogens is 3. The molecule has 134 valence electrons. The molecular weight excluding hydrogens is 336 g/mol. The Morgan fingerprint density at radius 1 is 0.815 bits per heavy atom. The number of hydrogen-bond donors (Lipinski definition) is 1. The smallest absolute Gasteiger partial charge is 0.229 e. The standard InChI is InChI=1S/C22H20N4O/c1-27-20-14-12-18(13-15-20)21-24-25-22(23-19-10-6-3-7-11-19)26(21)16-17-8-4-2-5-9-17/h2-15H,16H2,1H3,(H,23,25). The minimum atomic E-state index is 0.671. The first-order chi connectivity index (χ1) is 13.3. The van der Waals surface area contributed by atoms with Crippen molar-refractivity contribution in [3.05, 3.63) is 90.5 Å². The van der Waals surface area contributed by atoms with Gasteiger partial charge in [-0.1, -0.05) is 48.5 Å². The summed E-state index contributed by atoms with van der Waals surface area (Å²) in [6.45, 7) is 0.671. The van der Waals surface area contributed by atoms with Crippen molar-refractivity contribution in [3.63, 3.8) is 0 Å². The van der Waals surface area contributed by atoms with E-state index >= 15 is 0 Å². The van der Waals surface area contributed by atoms with Gasteiger partial charge in [0.05, 0.1) is 13.7 Å². The first-order valence-corrected chi connectivity index (χ1v) is 8.77. The van der Waals surface area contributed by atoms with Gasteiger partial charge in [-0.25, -0.2) is 0 Å². The number of para-hydroxylation sites is 1. The van der Waals surface area contributed by atoms with Crippen molar-refractivity contribution in [3.8, 4) is 17.1 Å². The molecule has 0 amide bonds. The molecule has 0 unspecified atom stereocenters. The van der Waals surface area contributed by atoms with Crippen LogP contribution in [0.3, 0.4) is 0 Å². The van der Waals surface area contributed by atoms with Crippen LogP contribution in [0.4, 0.5) is 11.6 Å². The Balaban J connectivity index is 1.73. The van der Waals surface area contributed by atoms with Crippen LogP contribution in [0, 0.1) is 0 Å². The van der Waals surface area contributed by atoms with Gasteiger partial charge in [0.1, 0.15) is 5.75 Å². The number of anilines is 2. The quantitative estimate of drug-likeness (QED) is 0.542. The molecule has 5 heteroatoms. The lowest BCUT2D eigenvalue weighted by Gasteiger charge is -2.12.